The lowest BCUT2D eigenvalue weighted by molar-refractivity contribution is 0.0972. The van der Waals surface area contributed by atoms with Crippen molar-refractivity contribution in [3.05, 3.63) is 35.1 Å². The van der Waals surface area contributed by atoms with E-state index in [9.17, 15) is 9.18 Å². The molecule has 1 nitrogen and oxygen atoms in total. The first-order valence-electron chi connectivity index (χ1n) is 4.96. The van der Waals surface area contributed by atoms with Crippen LogP contribution < -0.4 is 0 Å². The van der Waals surface area contributed by atoms with Crippen molar-refractivity contribution < 1.29 is 9.18 Å². The minimum atomic E-state index is -0.379. The van der Waals surface area contributed by atoms with Crippen molar-refractivity contribution >= 4 is 5.78 Å². The summed E-state index contributed by atoms with van der Waals surface area (Å²) in [5.41, 5.74) is 1.10. The van der Waals surface area contributed by atoms with Crippen LogP contribution in [0.1, 0.15) is 35.2 Å². The molecule has 0 radical (unpaired) electrons. The average molecular weight is 192 g/mol. The summed E-state index contributed by atoms with van der Waals surface area (Å²) < 4.78 is 13.4. The van der Waals surface area contributed by atoms with Crippen molar-refractivity contribution in [3.8, 4) is 0 Å². The molecule has 0 saturated heterocycles. The number of hydrogen-bond donors (Lipinski definition) is 0. The molecule has 1 aliphatic carbocycles. The zero-order valence-corrected chi connectivity index (χ0v) is 8.22. The molecule has 1 aliphatic rings. The first-order valence-corrected chi connectivity index (χ1v) is 4.96. The van der Waals surface area contributed by atoms with E-state index in [2.05, 4.69) is 0 Å². The van der Waals surface area contributed by atoms with Gasteiger partial charge in [0, 0.05) is 6.42 Å². The SMILES string of the molecule is Cc1ccc(C(=O)CC2CC2)c(F)c1. The van der Waals surface area contributed by atoms with E-state index in [4.69, 9.17) is 0 Å². The van der Waals surface area contributed by atoms with Crippen molar-refractivity contribution in [1.82, 2.24) is 0 Å². The number of ketones is 1. The van der Waals surface area contributed by atoms with E-state index in [0.717, 1.165) is 18.4 Å². The normalized spacial score (nSPS) is 15.6. The Balaban J connectivity index is 2.17. The van der Waals surface area contributed by atoms with Gasteiger partial charge in [-0.2, -0.15) is 0 Å². The zero-order valence-electron chi connectivity index (χ0n) is 8.22. The van der Waals surface area contributed by atoms with Gasteiger partial charge in [-0.3, -0.25) is 4.79 Å². The number of halogens is 1. The summed E-state index contributed by atoms with van der Waals surface area (Å²) >= 11 is 0. The Morgan fingerprint density at radius 1 is 1.50 bits per heavy atom. The standard InChI is InChI=1S/C12H13FO/c1-8-2-5-10(11(13)6-8)12(14)7-9-3-4-9/h2,5-6,9H,3-4,7H2,1H3. The van der Waals surface area contributed by atoms with Gasteiger partial charge in [0.2, 0.25) is 0 Å². The highest BCUT2D eigenvalue weighted by molar-refractivity contribution is 5.96. The molecule has 0 unspecified atom stereocenters. The first-order chi connectivity index (χ1) is 6.66. The van der Waals surface area contributed by atoms with Crippen molar-refractivity contribution in [1.29, 1.82) is 0 Å². The fraction of sp³-hybridized carbons (Fsp3) is 0.417. The number of Topliss-reactive ketones (excluding diaryl/α,β-unsaturated/α-hetero) is 1. The van der Waals surface area contributed by atoms with Crippen LogP contribution in [0.2, 0.25) is 0 Å². The van der Waals surface area contributed by atoms with Crippen molar-refractivity contribution in [2.24, 2.45) is 5.92 Å². The minimum absolute atomic E-state index is 0.0509. The quantitative estimate of drug-likeness (QED) is 0.672. The highest BCUT2D eigenvalue weighted by atomic mass is 19.1. The number of carbonyl (C=O) groups is 1. The fourth-order valence-corrected chi connectivity index (χ4v) is 1.54. The summed E-state index contributed by atoms with van der Waals surface area (Å²) in [5.74, 6) is 0.0869. The third-order valence-electron chi connectivity index (χ3n) is 2.60. The van der Waals surface area contributed by atoms with Crippen LogP contribution in [0.15, 0.2) is 18.2 Å². The summed E-state index contributed by atoms with van der Waals surface area (Å²) in [6.07, 6.45) is 2.76. The second-order valence-electron chi connectivity index (χ2n) is 4.05. The maximum absolute atomic E-state index is 13.4. The fourth-order valence-electron chi connectivity index (χ4n) is 1.54. The van der Waals surface area contributed by atoms with Gasteiger partial charge in [0.15, 0.2) is 5.78 Å². The van der Waals surface area contributed by atoms with Gasteiger partial charge in [0.1, 0.15) is 5.82 Å². The molecule has 1 aromatic carbocycles. The van der Waals surface area contributed by atoms with E-state index in [1.54, 1.807) is 12.1 Å². The number of benzene rings is 1. The number of aryl methyl sites for hydroxylation is 1. The molecule has 1 fully saturated rings. The van der Waals surface area contributed by atoms with Crippen LogP contribution >= 0.6 is 0 Å². The molecule has 0 bridgehead atoms. The molecular weight excluding hydrogens is 179 g/mol. The Kier molecular flexibility index (Phi) is 2.36. The van der Waals surface area contributed by atoms with Gasteiger partial charge in [-0.25, -0.2) is 4.39 Å². The largest absolute Gasteiger partial charge is 0.294 e. The minimum Gasteiger partial charge on any atom is -0.294 e. The van der Waals surface area contributed by atoms with E-state index in [1.165, 1.54) is 6.07 Å². The van der Waals surface area contributed by atoms with Crippen LogP contribution in [0.25, 0.3) is 0 Å². The predicted octanol–water partition coefficient (Wildman–Crippen LogP) is 3.12. The van der Waals surface area contributed by atoms with Gasteiger partial charge in [-0.05, 0) is 43.4 Å². The van der Waals surface area contributed by atoms with Crippen molar-refractivity contribution in [2.45, 2.75) is 26.2 Å². The van der Waals surface area contributed by atoms with E-state index in [-0.39, 0.29) is 17.2 Å². The topological polar surface area (TPSA) is 17.1 Å². The van der Waals surface area contributed by atoms with Gasteiger partial charge < -0.3 is 0 Å². The smallest absolute Gasteiger partial charge is 0.166 e. The van der Waals surface area contributed by atoms with Crippen LogP contribution in [0.3, 0.4) is 0 Å². The molecule has 74 valence electrons. The van der Waals surface area contributed by atoms with Crippen LogP contribution in [-0.4, -0.2) is 5.78 Å². The maximum atomic E-state index is 13.4. The summed E-state index contributed by atoms with van der Waals surface area (Å²) in [6, 6.07) is 4.79. The Labute approximate surface area is 82.9 Å². The Morgan fingerprint density at radius 3 is 2.79 bits per heavy atom. The second kappa shape index (κ2) is 3.52. The third-order valence-corrected chi connectivity index (χ3v) is 2.60. The van der Waals surface area contributed by atoms with Gasteiger partial charge in [0.25, 0.3) is 0 Å². The lowest BCUT2D eigenvalue weighted by Crippen LogP contribution is -2.03. The third kappa shape index (κ3) is 2.00. The molecule has 14 heavy (non-hydrogen) atoms. The van der Waals surface area contributed by atoms with E-state index in [1.807, 2.05) is 6.92 Å². The molecular formula is C12H13FO. The Morgan fingerprint density at radius 2 is 2.21 bits per heavy atom. The van der Waals surface area contributed by atoms with E-state index >= 15 is 0 Å². The molecule has 2 heteroatoms. The molecule has 2 rings (SSSR count). The van der Waals surface area contributed by atoms with Gasteiger partial charge in [-0.15, -0.1) is 0 Å². The molecule has 1 aromatic rings. The molecule has 0 spiro atoms. The molecule has 0 aliphatic heterocycles. The second-order valence-corrected chi connectivity index (χ2v) is 4.05. The molecule has 0 atom stereocenters. The van der Waals surface area contributed by atoms with E-state index < -0.39 is 0 Å². The van der Waals surface area contributed by atoms with Crippen LogP contribution in [0, 0.1) is 18.7 Å². The first kappa shape index (κ1) is 9.38. The molecule has 0 heterocycles. The molecule has 0 N–H and O–H groups in total. The molecule has 1 saturated carbocycles. The number of hydrogen-bond acceptors (Lipinski definition) is 1. The molecule has 0 amide bonds. The highest BCUT2D eigenvalue weighted by Gasteiger charge is 2.25. The maximum Gasteiger partial charge on any atom is 0.166 e. The average Bonchev–Trinajstić information content (AvgIpc) is 2.87. The monoisotopic (exact) mass is 192 g/mol. The van der Waals surface area contributed by atoms with Gasteiger partial charge in [0.05, 0.1) is 5.56 Å². The molecule has 0 aromatic heterocycles. The van der Waals surface area contributed by atoms with Crippen LogP contribution in [-0.2, 0) is 0 Å². The summed E-state index contributed by atoms with van der Waals surface area (Å²) in [4.78, 5) is 11.6. The number of carbonyl (C=O) groups excluding carboxylic acids is 1. The summed E-state index contributed by atoms with van der Waals surface area (Å²) in [5, 5.41) is 0. The highest BCUT2D eigenvalue weighted by Crippen LogP contribution is 2.33. The van der Waals surface area contributed by atoms with Crippen molar-refractivity contribution in [2.75, 3.05) is 0 Å². The van der Waals surface area contributed by atoms with Gasteiger partial charge >= 0.3 is 0 Å². The van der Waals surface area contributed by atoms with Crippen LogP contribution in [0.4, 0.5) is 4.39 Å². The predicted molar refractivity (Wildman–Crippen MR) is 52.8 cm³/mol. The Hall–Kier alpha value is -1.18. The summed E-state index contributed by atoms with van der Waals surface area (Å²) in [7, 11) is 0. The summed E-state index contributed by atoms with van der Waals surface area (Å²) in [6.45, 7) is 1.82. The lowest BCUT2D eigenvalue weighted by Gasteiger charge is -2.02. The van der Waals surface area contributed by atoms with Crippen LogP contribution in [0.5, 0.6) is 0 Å². The number of rotatable bonds is 3. The Bertz CT molecular complexity index is 367. The zero-order chi connectivity index (χ0) is 10.1. The van der Waals surface area contributed by atoms with E-state index in [0.29, 0.717) is 12.3 Å². The van der Waals surface area contributed by atoms with Crippen molar-refractivity contribution in [3.63, 3.8) is 0 Å². The lowest BCUT2D eigenvalue weighted by atomic mass is 10.0. The van der Waals surface area contributed by atoms with Gasteiger partial charge in [-0.1, -0.05) is 6.07 Å².